The summed E-state index contributed by atoms with van der Waals surface area (Å²) >= 11 is 0. The van der Waals surface area contributed by atoms with Crippen LogP contribution in [0, 0.1) is 17.0 Å². The number of nitro groups is 1. The number of hydrogen-bond acceptors (Lipinski definition) is 3. The average molecular weight is 260 g/mol. The molecule has 1 heterocycles. The predicted molar refractivity (Wildman–Crippen MR) is 68.3 cm³/mol. The van der Waals surface area contributed by atoms with E-state index in [2.05, 4.69) is 0 Å². The lowest BCUT2D eigenvalue weighted by molar-refractivity contribution is -0.384. The third-order valence-electron chi connectivity index (χ3n) is 2.75. The van der Waals surface area contributed by atoms with Crippen LogP contribution in [-0.2, 0) is 6.54 Å². The standard InChI is InChI=1S/C13H12N2O4/c1-9-3-2-4-10(5-9)7-14-8-11(15(18)19)6-12(14)13(16)17/h2-6,8H,7H2,1H3,(H,16,17). The van der Waals surface area contributed by atoms with Crippen LogP contribution < -0.4 is 0 Å². The van der Waals surface area contributed by atoms with Crippen LogP contribution in [0.3, 0.4) is 0 Å². The molecule has 2 aromatic rings. The normalized spacial score (nSPS) is 10.4. The highest BCUT2D eigenvalue weighted by Gasteiger charge is 2.18. The number of carboxylic acids is 1. The van der Waals surface area contributed by atoms with Gasteiger partial charge in [-0.05, 0) is 12.5 Å². The van der Waals surface area contributed by atoms with Crippen LogP contribution >= 0.6 is 0 Å². The largest absolute Gasteiger partial charge is 0.477 e. The second kappa shape index (κ2) is 4.93. The SMILES string of the molecule is Cc1cccc(Cn2cc([N+](=O)[O-])cc2C(=O)O)c1. The molecule has 0 saturated heterocycles. The monoisotopic (exact) mass is 260 g/mol. The molecule has 0 fully saturated rings. The molecule has 2 rings (SSSR count). The summed E-state index contributed by atoms with van der Waals surface area (Å²) in [4.78, 5) is 21.2. The Morgan fingerprint density at radius 3 is 2.74 bits per heavy atom. The van der Waals surface area contributed by atoms with E-state index < -0.39 is 10.9 Å². The lowest BCUT2D eigenvalue weighted by Crippen LogP contribution is -2.08. The second-order valence-corrected chi connectivity index (χ2v) is 4.26. The number of rotatable bonds is 4. The van der Waals surface area contributed by atoms with E-state index in [1.54, 1.807) is 0 Å². The molecule has 0 bridgehead atoms. The molecule has 98 valence electrons. The molecular formula is C13H12N2O4. The molecule has 0 aliphatic rings. The van der Waals surface area contributed by atoms with E-state index in [4.69, 9.17) is 5.11 Å². The smallest absolute Gasteiger partial charge is 0.352 e. The van der Waals surface area contributed by atoms with Crippen molar-refractivity contribution in [1.29, 1.82) is 0 Å². The van der Waals surface area contributed by atoms with E-state index in [9.17, 15) is 14.9 Å². The Bertz CT molecular complexity index is 646. The van der Waals surface area contributed by atoms with Crippen LogP contribution in [0.1, 0.15) is 21.6 Å². The Labute approximate surface area is 109 Å². The summed E-state index contributed by atoms with van der Waals surface area (Å²) in [5, 5.41) is 19.7. The van der Waals surface area contributed by atoms with Gasteiger partial charge in [-0.2, -0.15) is 0 Å². The Balaban J connectivity index is 2.38. The van der Waals surface area contributed by atoms with Gasteiger partial charge in [0.15, 0.2) is 0 Å². The van der Waals surface area contributed by atoms with Crippen LogP contribution in [0.5, 0.6) is 0 Å². The first-order chi connectivity index (χ1) is 8.97. The molecule has 0 unspecified atom stereocenters. The Morgan fingerprint density at radius 2 is 2.16 bits per heavy atom. The van der Waals surface area contributed by atoms with E-state index in [-0.39, 0.29) is 17.9 Å². The lowest BCUT2D eigenvalue weighted by Gasteiger charge is -2.06. The molecule has 6 nitrogen and oxygen atoms in total. The molecule has 0 atom stereocenters. The van der Waals surface area contributed by atoms with Gasteiger partial charge in [-0.1, -0.05) is 29.8 Å². The van der Waals surface area contributed by atoms with Crippen molar-refractivity contribution < 1.29 is 14.8 Å². The Kier molecular flexibility index (Phi) is 3.33. The summed E-state index contributed by atoms with van der Waals surface area (Å²) in [5.41, 5.74) is 1.64. The topological polar surface area (TPSA) is 85.4 Å². The van der Waals surface area contributed by atoms with Gasteiger partial charge in [0, 0.05) is 12.6 Å². The molecule has 0 amide bonds. The molecule has 6 heteroatoms. The van der Waals surface area contributed by atoms with Gasteiger partial charge in [-0.15, -0.1) is 0 Å². The molecule has 0 aliphatic carbocycles. The number of carboxylic acid groups (broad SMARTS) is 1. The molecule has 1 N–H and O–H groups in total. The van der Waals surface area contributed by atoms with Gasteiger partial charge in [0.2, 0.25) is 0 Å². The zero-order valence-electron chi connectivity index (χ0n) is 10.2. The van der Waals surface area contributed by atoms with Gasteiger partial charge < -0.3 is 9.67 Å². The highest BCUT2D eigenvalue weighted by atomic mass is 16.6. The number of carbonyl (C=O) groups is 1. The first-order valence-corrected chi connectivity index (χ1v) is 5.61. The summed E-state index contributed by atoms with van der Waals surface area (Å²) in [7, 11) is 0. The summed E-state index contributed by atoms with van der Waals surface area (Å²) in [6.45, 7) is 2.22. The average Bonchev–Trinajstić information content (AvgIpc) is 2.73. The van der Waals surface area contributed by atoms with Crippen molar-refractivity contribution >= 4 is 11.7 Å². The molecule has 19 heavy (non-hydrogen) atoms. The van der Waals surface area contributed by atoms with Crippen molar-refractivity contribution in [2.24, 2.45) is 0 Å². The molecular weight excluding hydrogens is 248 g/mol. The van der Waals surface area contributed by atoms with E-state index >= 15 is 0 Å². The maximum Gasteiger partial charge on any atom is 0.352 e. The fourth-order valence-electron chi connectivity index (χ4n) is 1.91. The highest BCUT2D eigenvalue weighted by Crippen LogP contribution is 2.18. The van der Waals surface area contributed by atoms with Gasteiger partial charge >= 0.3 is 5.97 Å². The first-order valence-electron chi connectivity index (χ1n) is 5.61. The van der Waals surface area contributed by atoms with Crippen molar-refractivity contribution in [2.45, 2.75) is 13.5 Å². The van der Waals surface area contributed by atoms with E-state index in [0.717, 1.165) is 17.2 Å². The molecule has 1 aromatic heterocycles. The molecule has 1 aromatic carbocycles. The van der Waals surface area contributed by atoms with E-state index in [0.29, 0.717) is 0 Å². The van der Waals surface area contributed by atoms with Gasteiger partial charge in [0.25, 0.3) is 5.69 Å². The Hall–Kier alpha value is -2.63. The fourth-order valence-corrected chi connectivity index (χ4v) is 1.91. The number of aromatic carboxylic acids is 1. The molecule has 0 radical (unpaired) electrons. The first kappa shape index (κ1) is 12.8. The maximum absolute atomic E-state index is 11.1. The van der Waals surface area contributed by atoms with Crippen LogP contribution in [0.2, 0.25) is 0 Å². The van der Waals surface area contributed by atoms with Gasteiger partial charge in [-0.3, -0.25) is 10.1 Å². The van der Waals surface area contributed by atoms with Crippen LogP contribution in [-0.4, -0.2) is 20.6 Å². The Morgan fingerprint density at radius 1 is 1.42 bits per heavy atom. The highest BCUT2D eigenvalue weighted by molar-refractivity contribution is 5.87. The number of hydrogen-bond donors (Lipinski definition) is 1. The van der Waals surface area contributed by atoms with E-state index in [1.165, 1.54) is 10.8 Å². The predicted octanol–water partition coefficient (Wildman–Crippen LogP) is 2.45. The van der Waals surface area contributed by atoms with Gasteiger partial charge in [0.05, 0.1) is 11.1 Å². The van der Waals surface area contributed by atoms with Crippen LogP contribution in [0.15, 0.2) is 36.5 Å². The summed E-state index contributed by atoms with van der Waals surface area (Å²) in [6, 6.07) is 8.63. The minimum Gasteiger partial charge on any atom is -0.477 e. The number of aromatic nitrogens is 1. The summed E-state index contributed by atoms with van der Waals surface area (Å²) in [6.07, 6.45) is 1.24. The maximum atomic E-state index is 11.1. The van der Waals surface area contributed by atoms with Crippen molar-refractivity contribution in [1.82, 2.24) is 4.57 Å². The minimum atomic E-state index is -1.18. The molecule has 0 aliphatic heterocycles. The summed E-state index contributed by atoms with van der Waals surface area (Å²) < 4.78 is 1.37. The zero-order chi connectivity index (χ0) is 14.0. The second-order valence-electron chi connectivity index (χ2n) is 4.26. The van der Waals surface area contributed by atoms with Crippen LogP contribution in [0.25, 0.3) is 0 Å². The number of aryl methyl sites for hydroxylation is 1. The van der Waals surface area contributed by atoms with Gasteiger partial charge in [0.1, 0.15) is 5.69 Å². The molecule has 0 spiro atoms. The lowest BCUT2D eigenvalue weighted by atomic mass is 10.1. The van der Waals surface area contributed by atoms with Crippen molar-refractivity contribution in [3.63, 3.8) is 0 Å². The van der Waals surface area contributed by atoms with Crippen LogP contribution in [0.4, 0.5) is 5.69 Å². The zero-order valence-corrected chi connectivity index (χ0v) is 10.2. The van der Waals surface area contributed by atoms with Crippen molar-refractivity contribution in [3.05, 3.63) is 63.5 Å². The van der Waals surface area contributed by atoms with E-state index in [1.807, 2.05) is 31.2 Å². The molecule has 0 saturated carbocycles. The van der Waals surface area contributed by atoms with Crippen molar-refractivity contribution in [3.8, 4) is 0 Å². The quantitative estimate of drug-likeness (QED) is 0.675. The third-order valence-corrected chi connectivity index (χ3v) is 2.75. The van der Waals surface area contributed by atoms with Gasteiger partial charge in [-0.25, -0.2) is 4.79 Å². The van der Waals surface area contributed by atoms with Crippen molar-refractivity contribution in [2.75, 3.05) is 0 Å². The summed E-state index contributed by atoms with van der Waals surface area (Å²) in [5.74, 6) is -1.18. The fraction of sp³-hybridized carbons (Fsp3) is 0.154. The number of benzene rings is 1. The third kappa shape index (κ3) is 2.79. The number of nitrogens with zero attached hydrogens (tertiary/aromatic N) is 2. The minimum absolute atomic E-state index is 0.0896.